The third-order valence-electron chi connectivity index (χ3n) is 10.2. The van der Waals surface area contributed by atoms with Gasteiger partial charge in [0, 0.05) is 13.0 Å². The van der Waals surface area contributed by atoms with Gasteiger partial charge in [0.2, 0.25) is 0 Å². The summed E-state index contributed by atoms with van der Waals surface area (Å²) in [4.78, 5) is 23.1. The molecular weight excluding hydrogens is 775 g/mol. The number of carbonyl (C=O) groups excluding carboxylic acids is 1. The van der Waals surface area contributed by atoms with E-state index < -0.39 is 63.1 Å². The van der Waals surface area contributed by atoms with E-state index in [9.17, 15) is 39.8 Å². The van der Waals surface area contributed by atoms with Gasteiger partial charge in [0.1, 0.15) is 42.7 Å². The Balaban J connectivity index is 2.46. The van der Waals surface area contributed by atoms with Gasteiger partial charge in [-0.15, -0.1) is 0 Å². The van der Waals surface area contributed by atoms with Crippen LogP contribution in [0.4, 0.5) is 0 Å². The lowest BCUT2D eigenvalue weighted by Crippen LogP contribution is -2.64. The zero-order valence-corrected chi connectivity index (χ0v) is 37.2. The van der Waals surface area contributed by atoms with Crippen LogP contribution in [0.1, 0.15) is 162 Å². The SMILES string of the molecule is CC/C=C\C/C=C\C/C=C\C/C=C\C/C=C\CCCC(=O)OC(COCCCCCCCCCCCCCCCCC)COP(=O)(O)OC1C(O)C(O)C(O)C(O)C1O. The zero-order valence-electron chi connectivity index (χ0n) is 36.3. The van der Waals surface area contributed by atoms with E-state index >= 15 is 0 Å². The van der Waals surface area contributed by atoms with Crippen LogP contribution in [0, 0.1) is 0 Å². The number of aliphatic hydroxyl groups excluding tert-OH is 5. The summed E-state index contributed by atoms with van der Waals surface area (Å²) in [5.41, 5.74) is 0. The zero-order chi connectivity index (χ0) is 43.4. The third-order valence-corrected chi connectivity index (χ3v) is 11.1. The highest BCUT2D eigenvalue weighted by molar-refractivity contribution is 7.47. The Morgan fingerprint density at radius 2 is 0.983 bits per heavy atom. The highest BCUT2D eigenvalue weighted by Crippen LogP contribution is 2.47. The number of unbranched alkanes of at least 4 members (excludes halogenated alkanes) is 15. The van der Waals surface area contributed by atoms with Gasteiger partial charge in [-0.1, -0.05) is 164 Å². The largest absolute Gasteiger partial charge is 0.472 e. The number of carbonyl (C=O) groups is 1. The van der Waals surface area contributed by atoms with Crippen molar-refractivity contribution in [3.8, 4) is 0 Å². The highest BCUT2D eigenvalue weighted by Gasteiger charge is 2.51. The molecule has 0 radical (unpaired) electrons. The Morgan fingerprint density at radius 1 is 0.559 bits per heavy atom. The number of hydrogen-bond donors (Lipinski definition) is 6. The Hall–Kier alpha value is -1.96. The molecule has 0 aromatic heterocycles. The number of allylic oxidation sites excluding steroid dienone is 10. The van der Waals surface area contributed by atoms with E-state index in [1.54, 1.807) is 0 Å². The monoisotopic (exact) mass is 857 g/mol. The van der Waals surface area contributed by atoms with Crippen LogP contribution in [-0.2, 0) is 27.9 Å². The average molecular weight is 857 g/mol. The molecule has 6 atom stereocenters. The maximum Gasteiger partial charge on any atom is 0.472 e. The second-order valence-electron chi connectivity index (χ2n) is 15.5. The molecule has 0 aromatic carbocycles. The van der Waals surface area contributed by atoms with Crippen molar-refractivity contribution in [3.63, 3.8) is 0 Å². The average Bonchev–Trinajstić information content (AvgIpc) is 3.22. The predicted octanol–water partition coefficient (Wildman–Crippen LogP) is 9.03. The first kappa shape index (κ1) is 55.1. The lowest BCUT2D eigenvalue weighted by atomic mass is 9.85. The molecule has 6 unspecified atom stereocenters. The quantitative estimate of drug-likeness (QED) is 0.0151. The van der Waals surface area contributed by atoms with Gasteiger partial charge >= 0.3 is 13.8 Å². The Kier molecular flexibility index (Phi) is 34.2. The van der Waals surface area contributed by atoms with Crippen molar-refractivity contribution in [2.45, 2.75) is 204 Å². The van der Waals surface area contributed by atoms with Crippen molar-refractivity contribution in [1.82, 2.24) is 0 Å². The molecule has 0 aromatic rings. The van der Waals surface area contributed by atoms with Crippen molar-refractivity contribution < 1.29 is 58.3 Å². The summed E-state index contributed by atoms with van der Waals surface area (Å²) in [7, 11) is -5.03. The maximum absolute atomic E-state index is 12.8. The summed E-state index contributed by atoms with van der Waals surface area (Å²) in [6, 6.07) is 0. The van der Waals surface area contributed by atoms with Gasteiger partial charge in [0.15, 0.2) is 0 Å². The molecule has 1 aliphatic carbocycles. The van der Waals surface area contributed by atoms with Gasteiger partial charge in [0.25, 0.3) is 0 Å². The molecule has 1 aliphatic rings. The smallest absolute Gasteiger partial charge is 0.457 e. The molecule has 0 spiro atoms. The lowest BCUT2D eigenvalue weighted by Gasteiger charge is -2.41. The Bertz CT molecular complexity index is 1200. The van der Waals surface area contributed by atoms with Gasteiger partial charge in [0.05, 0.1) is 13.2 Å². The van der Waals surface area contributed by atoms with Gasteiger partial charge in [-0.2, -0.15) is 0 Å². The van der Waals surface area contributed by atoms with Crippen LogP contribution in [0.5, 0.6) is 0 Å². The molecule has 1 fully saturated rings. The van der Waals surface area contributed by atoms with Gasteiger partial charge in [-0.25, -0.2) is 4.57 Å². The Morgan fingerprint density at radius 3 is 1.46 bits per heavy atom. The van der Waals surface area contributed by atoms with Gasteiger partial charge in [-0.05, 0) is 51.4 Å². The minimum absolute atomic E-state index is 0.0998. The molecule has 0 aliphatic heterocycles. The number of aliphatic hydroxyl groups is 5. The van der Waals surface area contributed by atoms with Crippen LogP contribution in [0.25, 0.3) is 0 Å². The maximum atomic E-state index is 12.8. The molecule has 1 saturated carbocycles. The van der Waals surface area contributed by atoms with E-state index in [-0.39, 0.29) is 13.0 Å². The molecule has 342 valence electrons. The van der Waals surface area contributed by atoms with E-state index in [2.05, 4.69) is 62.5 Å². The normalized spacial score (nSPS) is 23.1. The number of esters is 1. The Labute approximate surface area is 356 Å². The number of hydrogen-bond acceptors (Lipinski definition) is 11. The molecule has 0 saturated heterocycles. The summed E-state index contributed by atoms with van der Waals surface area (Å²) in [5.74, 6) is -0.534. The fourth-order valence-electron chi connectivity index (χ4n) is 6.57. The number of ether oxygens (including phenoxy) is 2. The molecular formula is C46H81O12P. The minimum Gasteiger partial charge on any atom is -0.457 e. The molecule has 0 heterocycles. The van der Waals surface area contributed by atoms with Crippen LogP contribution >= 0.6 is 7.82 Å². The van der Waals surface area contributed by atoms with Crippen molar-refractivity contribution in [3.05, 3.63) is 60.8 Å². The molecule has 0 bridgehead atoms. The van der Waals surface area contributed by atoms with E-state index in [1.165, 1.54) is 77.0 Å². The van der Waals surface area contributed by atoms with Gasteiger partial charge < -0.3 is 39.9 Å². The molecule has 59 heavy (non-hydrogen) atoms. The lowest BCUT2D eigenvalue weighted by molar-refractivity contribution is -0.220. The summed E-state index contributed by atoms with van der Waals surface area (Å²) >= 11 is 0. The van der Waals surface area contributed by atoms with Crippen LogP contribution < -0.4 is 0 Å². The summed E-state index contributed by atoms with van der Waals surface area (Å²) in [6.45, 7) is 4.08. The topological polar surface area (TPSA) is 192 Å². The van der Waals surface area contributed by atoms with Crippen LogP contribution in [-0.4, -0.2) is 98.9 Å². The standard InChI is InChI=1S/C46H81O12P/c1-3-5-7-9-11-13-15-17-19-20-21-23-25-27-29-31-33-35-40(47)57-39(38-56-59(53,54)58-46-44(51)42(49)41(48)43(50)45(46)52)37-55-36-34-32-30-28-26-24-22-18-16-14-12-10-8-6-4-2/h5,7,11,13,17,19,21,23,27,29,39,41-46,48-52H,3-4,6,8-10,12,14-16,18,20,22,24-26,28,30-38H2,1-2H3,(H,53,54)/b7-5-,13-11-,19-17-,23-21-,29-27-. The highest BCUT2D eigenvalue weighted by atomic mass is 31.2. The third kappa shape index (κ3) is 29.1. The number of phosphoric acid groups is 1. The van der Waals surface area contributed by atoms with Crippen LogP contribution in [0.2, 0.25) is 0 Å². The first-order valence-electron chi connectivity index (χ1n) is 22.6. The van der Waals surface area contributed by atoms with E-state index in [1.807, 2.05) is 12.2 Å². The van der Waals surface area contributed by atoms with E-state index in [4.69, 9.17) is 18.5 Å². The first-order chi connectivity index (χ1) is 28.5. The fourth-order valence-corrected chi connectivity index (χ4v) is 7.54. The van der Waals surface area contributed by atoms with E-state index in [0.29, 0.717) is 19.4 Å². The summed E-state index contributed by atoms with van der Waals surface area (Å²) < 4.78 is 34.1. The molecule has 1 rings (SSSR count). The number of rotatable bonds is 37. The molecule has 6 N–H and O–H groups in total. The fraction of sp³-hybridized carbons (Fsp3) is 0.761. The van der Waals surface area contributed by atoms with E-state index in [0.717, 1.165) is 51.4 Å². The molecule has 0 amide bonds. The second-order valence-corrected chi connectivity index (χ2v) is 16.9. The van der Waals surface area contributed by atoms with Crippen molar-refractivity contribution in [2.24, 2.45) is 0 Å². The first-order valence-corrected chi connectivity index (χ1v) is 24.1. The molecule has 12 nitrogen and oxygen atoms in total. The molecule has 13 heteroatoms. The van der Waals surface area contributed by atoms with Crippen molar-refractivity contribution in [1.29, 1.82) is 0 Å². The minimum atomic E-state index is -5.03. The summed E-state index contributed by atoms with van der Waals surface area (Å²) in [6.07, 6.45) is 33.0. The second kappa shape index (κ2) is 36.7. The van der Waals surface area contributed by atoms with Crippen LogP contribution in [0.3, 0.4) is 0 Å². The summed E-state index contributed by atoms with van der Waals surface area (Å²) in [5, 5.41) is 50.1. The van der Waals surface area contributed by atoms with Crippen molar-refractivity contribution >= 4 is 13.8 Å². The van der Waals surface area contributed by atoms with Crippen molar-refractivity contribution in [2.75, 3.05) is 19.8 Å². The number of phosphoric ester groups is 1. The predicted molar refractivity (Wildman–Crippen MR) is 235 cm³/mol. The van der Waals surface area contributed by atoms with Gasteiger partial charge in [-0.3, -0.25) is 13.8 Å². The van der Waals surface area contributed by atoms with Crippen LogP contribution in [0.15, 0.2) is 60.8 Å².